The molecule has 0 unspecified atom stereocenters. The van der Waals surface area contributed by atoms with Gasteiger partial charge < -0.3 is 10.6 Å². The number of nitrogens with zero attached hydrogens (tertiary/aromatic N) is 1. The van der Waals surface area contributed by atoms with Gasteiger partial charge in [-0.05, 0) is 6.92 Å². The van der Waals surface area contributed by atoms with Crippen LogP contribution in [0.4, 0.5) is 0 Å². The molecule has 0 aliphatic carbocycles. The normalized spacial score (nSPS) is 10.1. The van der Waals surface area contributed by atoms with Gasteiger partial charge in [-0.2, -0.15) is 0 Å². The number of hydrogen-bond donors (Lipinski definition) is 1. The Kier molecular flexibility index (Phi) is 6.15. The van der Waals surface area contributed by atoms with Crippen LogP contribution in [-0.2, 0) is 4.79 Å². The largest absolute Gasteiger partial charge is 0.374 e. The van der Waals surface area contributed by atoms with Crippen LogP contribution in [0.2, 0.25) is 0 Å². The SMILES string of the molecule is CC=C(C(N)=O)N(C)C.Cl. The van der Waals surface area contributed by atoms with Crippen molar-refractivity contribution in [3.05, 3.63) is 11.8 Å². The van der Waals surface area contributed by atoms with Crippen molar-refractivity contribution in [2.24, 2.45) is 5.73 Å². The Morgan fingerprint density at radius 1 is 1.50 bits per heavy atom. The van der Waals surface area contributed by atoms with Gasteiger partial charge in [0.25, 0.3) is 5.91 Å². The summed E-state index contributed by atoms with van der Waals surface area (Å²) in [5.41, 5.74) is 5.54. The quantitative estimate of drug-likeness (QED) is 0.599. The number of carbonyl (C=O) groups excluding carboxylic acids is 1. The van der Waals surface area contributed by atoms with Crippen molar-refractivity contribution in [3.63, 3.8) is 0 Å². The highest BCUT2D eigenvalue weighted by Crippen LogP contribution is 1.94. The average molecular weight is 165 g/mol. The van der Waals surface area contributed by atoms with Gasteiger partial charge in [-0.25, -0.2) is 0 Å². The molecule has 0 radical (unpaired) electrons. The van der Waals surface area contributed by atoms with Crippen LogP contribution in [0.25, 0.3) is 0 Å². The van der Waals surface area contributed by atoms with Crippen LogP contribution in [0.3, 0.4) is 0 Å². The third kappa shape index (κ3) is 3.35. The summed E-state index contributed by atoms with van der Waals surface area (Å²) in [6, 6.07) is 0. The van der Waals surface area contributed by atoms with E-state index >= 15 is 0 Å². The molecule has 10 heavy (non-hydrogen) atoms. The van der Waals surface area contributed by atoms with Crippen molar-refractivity contribution in [1.29, 1.82) is 0 Å². The van der Waals surface area contributed by atoms with E-state index in [1.807, 2.05) is 0 Å². The van der Waals surface area contributed by atoms with Crippen LogP contribution < -0.4 is 5.73 Å². The van der Waals surface area contributed by atoms with E-state index in [1.165, 1.54) is 0 Å². The maximum Gasteiger partial charge on any atom is 0.264 e. The van der Waals surface area contributed by atoms with Crippen molar-refractivity contribution in [1.82, 2.24) is 4.90 Å². The Hall–Kier alpha value is -0.700. The number of hydrogen-bond acceptors (Lipinski definition) is 2. The van der Waals surface area contributed by atoms with Crippen molar-refractivity contribution in [2.45, 2.75) is 6.92 Å². The molecular formula is C6H13ClN2O. The first kappa shape index (κ1) is 12.0. The van der Waals surface area contributed by atoms with Crippen LogP contribution in [0, 0.1) is 0 Å². The van der Waals surface area contributed by atoms with Gasteiger partial charge >= 0.3 is 0 Å². The molecule has 3 nitrogen and oxygen atoms in total. The minimum absolute atomic E-state index is 0. The van der Waals surface area contributed by atoms with Crippen molar-refractivity contribution in [3.8, 4) is 0 Å². The number of nitrogens with two attached hydrogens (primary N) is 1. The van der Waals surface area contributed by atoms with Crippen LogP contribution in [0.5, 0.6) is 0 Å². The summed E-state index contributed by atoms with van der Waals surface area (Å²) in [4.78, 5) is 12.2. The van der Waals surface area contributed by atoms with Gasteiger partial charge in [0.05, 0.1) is 5.70 Å². The Morgan fingerprint density at radius 3 is 1.90 bits per heavy atom. The van der Waals surface area contributed by atoms with E-state index in [0.717, 1.165) is 0 Å². The molecule has 0 spiro atoms. The first-order chi connectivity index (χ1) is 4.09. The van der Waals surface area contributed by atoms with E-state index in [9.17, 15) is 4.79 Å². The second kappa shape index (κ2) is 5.11. The number of primary amides is 1. The number of rotatable bonds is 2. The smallest absolute Gasteiger partial charge is 0.264 e. The van der Waals surface area contributed by atoms with E-state index in [0.29, 0.717) is 5.70 Å². The molecule has 60 valence electrons. The summed E-state index contributed by atoms with van der Waals surface area (Å²) in [5.74, 6) is -0.387. The topological polar surface area (TPSA) is 46.3 Å². The molecule has 0 aromatic heterocycles. The highest BCUT2D eigenvalue weighted by molar-refractivity contribution is 5.91. The second-order valence-electron chi connectivity index (χ2n) is 1.93. The fourth-order valence-corrected chi connectivity index (χ4v) is 0.621. The third-order valence-corrected chi connectivity index (χ3v) is 1.01. The number of amides is 1. The van der Waals surface area contributed by atoms with Gasteiger partial charge in [-0.1, -0.05) is 6.08 Å². The van der Waals surface area contributed by atoms with E-state index in [4.69, 9.17) is 5.73 Å². The summed E-state index contributed by atoms with van der Waals surface area (Å²) in [7, 11) is 3.56. The zero-order chi connectivity index (χ0) is 7.44. The lowest BCUT2D eigenvalue weighted by Gasteiger charge is -2.12. The van der Waals surface area contributed by atoms with Crippen LogP contribution in [-0.4, -0.2) is 24.9 Å². The molecule has 0 aliphatic heterocycles. The summed E-state index contributed by atoms with van der Waals surface area (Å²) >= 11 is 0. The maximum absolute atomic E-state index is 10.5. The lowest BCUT2D eigenvalue weighted by Crippen LogP contribution is -2.24. The van der Waals surface area contributed by atoms with Gasteiger partial charge in [-0.15, -0.1) is 12.4 Å². The van der Waals surface area contributed by atoms with Crippen molar-refractivity contribution >= 4 is 18.3 Å². The lowest BCUT2D eigenvalue weighted by molar-refractivity contribution is -0.115. The minimum Gasteiger partial charge on any atom is -0.374 e. The summed E-state index contributed by atoms with van der Waals surface area (Å²) in [6.07, 6.45) is 1.68. The molecule has 0 saturated heterocycles. The van der Waals surface area contributed by atoms with E-state index in [-0.39, 0.29) is 18.3 Å². The minimum atomic E-state index is -0.387. The van der Waals surface area contributed by atoms with Gasteiger partial charge in [0.1, 0.15) is 0 Å². The monoisotopic (exact) mass is 164 g/mol. The Morgan fingerprint density at radius 2 is 1.90 bits per heavy atom. The molecule has 0 bridgehead atoms. The Labute approximate surface area is 67.3 Å². The van der Waals surface area contributed by atoms with Crippen LogP contribution in [0.1, 0.15) is 6.92 Å². The maximum atomic E-state index is 10.5. The molecule has 0 fully saturated rings. The standard InChI is InChI=1S/C6H12N2O.ClH/c1-4-5(6(7)9)8(2)3;/h4H,1-3H3,(H2,7,9);1H. The highest BCUT2D eigenvalue weighted by atomic mass is 35.5. The van der Waals surface area contributed by atoms with E-state index in [2.05, 4.69) is 0 Å². The first-order valence-corrected chi connectivity index (χ1v) is 2.73. The third-order valence-electron chi connectivity index (χ3n) is 1.01. The summed E-state index contributed by atoms with van der Waals surface area (Å²) < 4.78 is 0. The highest BCUT2D eigenvalue weighted by Gasteiger charge is 2.02. The second-order valence-corrected chi connectivity index (χ2v) is 1.93. The van der Waals surface area contributed by atoms with Crippen LogP contribution >= 0.6 is 12.4 Å². The fourth-order valence-electron chi connectivity index (χ4n) is 0.621. The van der Waals surface area contributed by atoms with Gasteiger partial charge in [0, 0.05) is 14.1 Å². The molecule has 0 saturated carbocycles. The Bertz CT molecular complexity index is 143. The molecule has 0 heterocycles. The molecule has 0 atom stereocenters. The van der Waals surface area contributed by atoms with Gasteiger partial charge in [0.2, 0.25) is 0 Å². The molecule has 4 heteroatoms. The molecule has 1 amide bonds. The van der Waals surface area contributed by atoms with Gasteiger partial charge in [0.15, 0.2) is 0 Å². The predicted molar refractivity (Wildman–Crippen MR) is 43.9 cm³/mol. The lowest BCUT2D eigenvalue weighted by atomic mass is 10.4. The molecule has 0 aromatic rings. The summed E-state index contributed by atoms with van der Waals surface area (Å²) in [6.45, 7) is 1.78. The molecule has 0 aliphatic rings. The first-order valence-electron chi connectivity index (χ1n) is 2.73. The molecule has 0 aromatic carbocycles. The van der Waals surface area contributed by atoms with Crippen molar-refractivity contribution in [2.75, 3.05) is 14.1 Å². The van der Waals surface area contributed by atoms with E-state index in [1.54, 1.807) is 32.0 Å². The number of likely N-dealkylation sites (N-methyl/N-ethyl adjacent to an activating group) is 1. The van der Waals surface area contributed by atoms with Crippen molar-refractivity contribution < 1.29 is 4.79 Å². The molecule has 0 rings (SSSR count). The van der Waals surface area contributed by atoms with Gasteiger partial charge in [-0.3, -0.25) is 4.79 Å². The predicted octanol–water partition coefficient (Wildman–Crippen LogP) is 0.359. The molecule has 2 N–H and O–H groups in total. The molecular weight excluding hydrogens is 152 g/mol. The fraction of sp³-hybridized carbons (Fsp3) is 0.500. The number of carbonyl (C=O) groups is 1. The Balaban J connectivity index is 0. The van der Waals surface area contributed by atoms with E-state index < -0.39 is 0 Å². The summed E-state index contributed by atoms with van der Waals surface area (Å²) in [5, 5.41) is 0. The van der Waals surface area contributed by atoms with Crippen LogP contribution in [0.15, 0.2) is 11.8 Å². The number of allylic oxidation sites excluding steroid dienone is 1. The number of halogens is 1. The zero-order valence-corrected chi connectivity index (χ0v) is 7.23. The average Bonchev–Trinajstić information content (AvgIpc) is 1.64. The zero-order valence-electron chi connectivity index (χ0n) is 6.42.